The highest BCUT2D eigenvalue weighted by Gasteiger charge is 2.34. The van der Waals surface area contributed by atoms with E-state index in [-0.39, 0.29) is 5.69 Å². The zero-order chi connectivity index (χ0) is 17.7. The molecule has 3 aromatic rings. The smallest absolute Gasteiger partial charge is 0.279 e. The van der Waals surface area contributed by atoms with Crippen molar-refractivity contribution in [1.29, 1.82) is 0 Å². The summed E-state index contributed by atoms with van der Waals surface area (Å²) in [6, 6.07) is 18.3. The third kappa shape index (κ3) is 4.23. The van der Waals surface area contributed by atoms with Crippen molar-refractivity contribution in [2.75, 3.05) is 5.43 Å². The molecule has 0 saturated heterocycles. The normalized spacial score (nSPS) is 11.6. The van der Waals surface area contributed by atoms with E-state index in [1.807, 2.05) is 30.3 Å². The van der Waals surface area contributed by atoms with Crippen LogP contribution in [0.3, 0.4) is 0 Å². The fourth-order valence-corrected chi connectivity index (χ4v) is 2.29. The van der Waals surface area contributed by atoms with Crippen LogP contribution >= 0.6 is 0 Å². The first-order valence-electron chi connectivity index (χ1n) is 7.51. The van der Waals surface area contributed by atoms with E-state index in [4.69, 9.17) is 0 Å². The second-order valence-corrected chi connectivity index (χ2v) is 5.26. The molecule has 1 N–H and O–H groups in total. The summed E-state index contributed by atoms with van der Waals surface area (Å²) in [5.74, 6) is 0. The summed E-state index contributed by atoms with van der Waals surface area (Å²) in [4.78, 5) is 3.88. The van der Waals surface area contributed by atoms with Crippen molar-refractivity contribution in [1.82, 2.24) is 4.98 Å². The number of benzene rings is 2. The molecular weight excluding hydrogens is 327 g/mol. The number of nitrogens with zero attached hydrogens (tertiary/aromatic N) is 2. The largest absolute Gasteiger partial charge is 0.418 e. The number of aromatic nitrogens is 1. The van der Waals surface area contributed by atoms with E-state index in [1.54, 1.807) is 30.5 Å². The van der Waals surface area contributed by atoms with E-state index in [0.29, 0.717) is 5.56 Å². The van der Waals surface area contributed by atoms with Crippen molar-refractivity contribution >= 4 is 11.9 Å². The fourth-order valence-electron chi connectivity index (χ4n) is 2.29. The molecule has 2 aromatic carbocycles. The molecule has 6 heteroatoms. The SMILES string of the molecule is FC(F)(F)c1cccnc1-c1ccc(C=NNc2ccccc2)cc1. The van der Waals surface area contributed by atoms with Gasteiger partial charge in [-0.15, -0.1) is 0 Å². The minimum atomic E-state index is -4.44. The molecule has 0 saturated carbocycles. The van der Waals surface area contributed by atoms with Gasteiger partial charge in [0.15, 0.2) is 0 Å². The molecule has 0 atom stereocenters. The fraction of sp³-hybridized carbons (Fsp3) is 0.0526. The van der Waals surface area contributed by atoms with Crippen LogP contribution in [0.1, 0.15) is 11.1 Å². The van der Waals surface area contributed by atoms with Crippen LogP contribution in [0.15, 0.2) is 78.0 Å². The Morgan fingerprint density at radius 3 is 2.28 bits per heavy atom. The van der Waals surface area contributed by atoms with E-state index in [0.717, 1.165) is 17.3 Å². The van der Waals surface area contributed by atoms with Crippen molar-refractivity contribution in [3.05, 3.63) is 84.1 Å². The molecule has 126 valence electrons. The van der Waals surface area contributed by atoms with E-state index >= 15 is 0 Å². The van der Waals surface area contributed by atoms with Crippen molar-refractivity contribution in [2.45, 2.75) is 6.18 Å². The monoisotopic (exact) mass is 341 g/mol. The maximum Gasteiger partial charge on any atom is 0.418 e. The standard InChI is InChI=1S/C19H14F3N3/c20-19(21,22)17-7-4-12-23-18(17)15-10-8-14(9-11-15)13-24-25-16-5-2-1-3-6-16/h1-13,25H. The van der Waals surface area contributed by atoms with Crippen molar-refractivity contribution in [3.63, 3.8) is 0 Å². The second-order valence-electron chi connectivity index (χ2n) is 5.26. The Bertz CT molecular complexity index is 857. The molecule has 1 heterocycles. The summed E-state index contributed by atoms with van der Waals surface area (Å²) in [6.45, 7) is 0. The van der Waals surface area contributed by atoms with Gasteiger partial charge >= 0.3 is 6.18 Å². The average Bonchev–Trinajstić information content (AvgIpc) is 2.63. The summed E-state index contributed by atoms with van der Waals surface area (Å²) in [6.07, 6.45) is -1.49. The predicted molar refractivity (Wildman–Crippen MR) is 92.3 cm³/mol. The zero-order valence-corrected chi connectivity index (χ0v) is 13.0. The number of rotatable bonds is 4. The lowest BCUT2D eigenvalue weighted by Gasteiger charge is -2.11. The molecule has 3 rings (SSSR count). The van der Waals surface area contributed by atoms with Gasteiger partial charge in [0.05, 0.1) is 23.2 Å². The van der Waals surface area contributed by atoms with Crippen molar-refractivity contribution < 1.29 is 13.2 Å². The highest BCUT2D eigenvalue weighted by atomic mass is 19.4. The van der Waals surface area contributed by atoms with E-state index < -0.39 is 11.7 Å². The summed E-state index contributed by atoms with van der Waals surface area (Å²) in [5, 5.41) is 4.10. The molecule has 25 heavy (non-hydrogen) atoms. The number of hydrazone groups is 1. The van der Waals surface area contributed by atoms with Gasteiger partial charge in [0.1, 0.15) is 0 Å². The molecule has 0 radical (unpaired) electrons. The van der Waals surface area contributed by atoms with E-state index in [1.165, 1.54) is 12.3 Å². The van der Waals surface area contributed by atoms with Crippen LogP contribution in [0, 0.1) is 0 Å². The lowest BCUT2D eigenvalue weighted by Crippen LogP contribution is -2.08. The topological polar surface area (TPSA) is 37.3 Å². The molecule has 3 nitrogen and oxygen atoms in total. The first kappa shape index (κ1) is 16.7. The van der Waals surface area contributed by atoms with Gasteiger partial charge in [0.25, 0.3) is 0 Å². The molecule has 0 unspecified atom stereocenters. The summed E-state index contributed by atoms with van der Waals surface area (Å²) in [7, 11) is 0. The third-order valence-corrected chi connectivity index (χ3v) is 3.48. The molecule has 0 fully saturated rings. The Hall–Kier alpha value is -3.15. The minimum absolute atomic E-state index is 0.0825. The Morgan fingerprint density at radius 1 is 0.880 bits per heavy atom. The highest BCUT2D eigenvalue weighted by Crippen LogP contribution is 2.35. The van der Waals surface area contributed by atoms with Crippen molar-refractivity contribution in [3.8, 4) is 11.3 Å². The van der Waals surface area contributed by atoms with Gasteiger partial charge in [-0.25, -0.2) is 0 Å². The number of hydrogen-bond donors (Lipinski definition) is 1. The van der Waals surface area contributed by atoms with Gasteiger partial charge in [0, 0.05) is 11.8 Å². The molecule has 0 aliphatic rings. The molecule has 0 aliphatic heterocycles. The number of anilines is 1. The molecule has 0 amide bonds. The number of pyridine rings is 1. The van der Waals surface area contributed by atoms with Gasteiger partial charge in [0.2, 0.25) is 0 Å². The number of hydrogen-bond acceptors (Lipinski definition) is 3. The van der Waals surface area contributed by atoms with Gasteiger partial charge in [-0.3, -0.25) is 10.4 Å². The van der Waals surface area contributed by atoms with Crippen LogP contribution in [-0.4, -0.2) is 11.2 Å². The summed E-state index contributed by atoms with van der Waals surface area (Å²) < 4.78 is 39.2. The number of para-hydroxylation sites is 1. The minimum Gasteiger partial charge on any atom is -0.279 e. The van der Waals surface area contributed by atoms with E-state index in [2.05, 4.69) is 15.5 Å². The quantitative estimate of drug-likeness (QED) is 0.522. The average molecular weight is 341 g/mol. The second kappa shape index (κ2) is 7.17. The lowest BCUT2D eigenvalue weighted by molar-refractivity contribution is -0.137. The maximum absolute atomic E-state index is 13.1. The Kier molecular flexibility index (Phi) is 4.79. The highest BCUT2D eigenvalue weighted by molar-refractivity contribution is 5.81. The molecular formula is C19H14F3N3. The zero-order valence-electron chi connectivity index (χ0n) is 13.0. The molecule has 0 bridgehead atoms. The van der Waals surface area contributed by atoms with Crippen LogP contribution in [0.2, 0.25) is 0 Å². The first-order chi connectivity index (χ1) is 12.0. The predicted octanol–water partition coefficient (Wildman–Crippen LogP) is 5.21. The van der Waals surface area contributed by atoms with Crippen LogP contribution in [0.5, 0.6) is 0 Å². The Morgan fingerprint density at radius 2 is 1.60 bits per heavy atom. The van der Waals surface area contributed by atoms with Crippen LogP contribution in [0.25, 0.3) is 11.3 Å². The van der Waals surface area contributed by atoms with Gasteiger partial charge in [-0.1, -0.05) is 42.5 Å². The van der Waals surface area contributed by atoms with E-state index in [9.17, 15) is 13.2 Å². The van der Waals surface area contributed by atoms with Crippen LogP contribution < -0.4 is 5.43 Å². The molecule has 1 aromatic heterocycles. The summed E-state index contributed by atoms with van der Waals surface area (Å²) >= 11 is 0. The van der Waals surface area contributed by atoms with Gasteiger partial charge in [-0.05, 0) is 29.8 Å². The number of halogens is 3. The number of nitrogens with one attached hydrogen (secondary N) is 1. The summed E-state index contributed by atoms with van der Waals surface area (Å²) in [5.41, 5.74) is 4.06. The Labute approximate surface area is 142 Å². The van der Waals surface area contributed by atoms with Crippen molar-refractivity contribution in [2.24, 2.45) is 5.10 Å². The first-order valence-corrected chi connectivity index (χ1v) is 7.51. The van der Waals surface area contributed by atoms with Crippen LogP contribution in [0.4, 0.5) is 18.9 Å². The Balaban J connectivity index is 1.77. The lowest BCUT2D eigenvalue weighted by atomic mass is 10.0. The van der Waals surface area contributed by atoms with Gasteiger partial charge < -0.3 is 0 Å². The van der Waals surface area contributed by atoms with Crippen LogP contribution in [-0.2, 0) is 6.18 Å². The molecule has 0 aliphatic carbocycles. The maximum atomic E-state index is 13.1. The van der Waals surface area contributed by atoms with Gasteiger partial charge in [-0.2, -0.15) is 18.3 Å². The third-order valence-electron chi connectivity index (χ3n) is 3.48. The number of alkyl halides is 3. The molecule has 0 spiro atoms.